The highest BCUT2D eigenvalue weighted by Crippen LogP contribution is 2.25. The summed E-state index contributed by atoms with van der Waals surface area (Å²) in [7, 11) is 0. The third kappa shape index (κ3) is 8.74. The van der Waals surface area contributed by atoms with E-state index in [1.54, 1.807) is 32.9 Å². The molecule has 0 fully saturated rings. The van der Waals surface area contributed by atoms with Gasteiger partial charge in [0.1, 0.15) is 22.9 Å². The number of carbonyl (C=O) groups excluding carboxylic acids is 4. The van der Waals surface area contributed by atoms with Crippen LogP contribution in [0, 0.1) is 20.8 Å². The zero-order valence-electron chi connectivity index (χ0n) is 27.1. The van der Waals surface area contributed by atoms with Crippen molar-refractivity contribution in [3.63, 3.8) is 0 Å². The molecule has 0 saturated heterocycles. The lowest BCUT2D eigenvalue weighted by atomic mass is 10.1. The molecule has 4 amide bonds. The average Bonchev–Trinajstić information content (AvgIpc) is 3.76. The van der Waals surface area contributed by atoms with Crippen LogP contribution in [-0.4, -0.2) is 81.0 Å². The van der Waals surface area contributed by atoms with Crippen LogP contribution in [0.25, 0.3) is 0 Å². The smallest absolute Gasteiger partial charge is 0.272 e. The van der Waals surface area contributed by atoms with E-state index in [0.29, 0.717) is 64.2 Å². The predicted molar refractivity (Wildman–Crippen MR) is 191 cm³/mol. The predicted octanol–water partition coefficient (Wildman–Crippen LogP) is 4.50. The molecule has 0 aliphatic heterocycles. The summed E-state index contributed by atoms with van der Waals surface area (Å²) >= 11 is 11.8. The van der Waals surface area contributed by atoms with Crippen LogP contribution in [0.15, 0.2) is 48.0 Å². The van der Waals surface area contributed by atoms with E-state index < -0.39 is 17.7 Å². The molecule has 10 N–H and O–H groups in total. The molecule has 3 aromatic heterocycles. The number of aromatic nitrogens is 3. The quantitative estimate of drug-likeness (QED) is 0.0282. The molecule has 0 unspecified atom stereocenters. The SMILES string of the molecule is Cc1c(NC(=O)c2ccc(N(CCCl)CCCl)cc2)c[nH]c1C(=O)Nc1c[nH]c(C(=O)Nc2c[nH]c(C(=O)NCCC(N)=NO)c2C)c1C. The van der Waals surface area contributed by atoms with Crippen molar-refractivity contribution >= 4 is 75.4 Å². The minimum Gasteiger partial charge on any atom is -0.409 e. The molecule has 0 aliphatic rings. The Morgan fingerprint density at radius 2 is 1.16 bits per heavy atom. The molecule has 4 rings (SSSR count). The van der Waals surface area contributed by atoms with E-state index in [1.165, 1.54) is 18.6 Å². The van der Waals surface area contributed by atoms with Crippen LogP contribution in [0.4, 0.5) is 22.7 Å². The number of hydrogen-bond acceptors (Lipinski definition) is 7. The number of halogens is 2. The van der Waals surface area contributed by atoms with Gasteiger partial charge in [0.25, 0.3) is 23.6 Å². The minimum absolute atomic E-state index is 0.0159. The van der Waals surface area contributed by atoms with Gasteiger partial charge in [0.15, 0.2) is 0 Å². The molecule has 260 valence electrons. The fraction of sp³-hybridized carbons (Fsp3) is 0.281. The van der Waals surface area contributed by atoms with E-state index in [0.717, 1.165) is 5.69 Å². The first kappa shape index (κ1) is 36.4. The van der Waals surface area contributed by atoms with E-state index in [1.807, 2.05) is 17.0 Å². The largest absolute Gasteiger partial charge is 0.409 e. The number of oxime groups is 1. The standard InChI is InChI=1S/C32H38Cl2N10O5/c1-17-23(15-37-26(17)30(46)36-11-8-25(35)43-49)41-32(48)28-19(3)24(16-39-28)42-31(47)27-18(2)22(14-38-27)40-29(45)20-4-6-21(7-5-20)44(12-9-33)13-10-34/h4-7,14-16,37-39,49H,8-13H2,1-3H3,(H2,35,43)(H,36,46)(H,40,45)(H,41,48)(H,42,47). The third-order valence-electron chi connectivity index (χ3n) is 7.84. The van der Waals surface area contributed by atoms with Crippen LogP contribution in [0.5, 0.6) is 0 Å². The van der Waals surface area contributed by atoms with Crippen molar-refractivity contribution in [2.45, 2.75) is 27.2 Å². The van der Waals surface area contributed by atoms with Crippen LogP contribution in [0.3, 0.4) is 0 Å². The Kier molecular flexibility index (Phi) is 12.4. The van der Waals surface area contributed by atoms with Crippen LogP contribution in [0.2, 0.25) is 0 Å². The van der Waals surface area contributed by atoms with Gasteiger partial charge in [-0.1, -0.05) is 5.16 Å². The fourth-order valence-corrected chi connectivity index (χ4v) is 5.40. The number of nitrogens with two attached hydrogens (primary N) is 1. The zero-order chi connectivity index (χ0) is 35.7. The monoisotopic (exact) mass is 712 g/mol. The van der Waals surface area contributed by atoms with E-state index in [2.05, 4.69) is 41.4 Å². The van der Waals surface area contributed by atoms with E-state index in [9.17, 15) is 19.2 Å². The Bertz CT molecular complexity index is 1840. The van der Waals surface area contributed by atoms with Gasteiger partial charge < -0.3 is 52.1 Å². The summed E-state index contributed by atoms with van der Waals surface area (Å²) in [5.74, 6) is -0.850. The number of hydrogen-bond donors (Lipinski definition) is 9. The topological polar surface area (TPSA) is 226 Å². The normalized spacial score (nSPS) is 11.2. The molecule has 0 saturated carbocycles. The van der Waals surface area contributed by atoms with E-state index in [-0.39, 0.29) is 41.8 Å². The van der Waals surface area contributed by atoms with Gasteiger partial charge in [0.2, 0.25) is 0 Å². The number of H-pyrrole nitrogens is 3. The molecule has 49 heavy (non-hydrogen) atoms. The summed E-state index contributed by atoms with van der Waals surface area (Å²) in [5.41, 5.74) is 10.2. The number of anilines is 4. The average molecular weight is 714 g/mol. The summed E-state index contributed by atoms with van der Waals surface area (Å²) in [6.07, 6.45) is 4.69. The van der Waals surface area contributed by atoms with Gasteiger partial charge in [-0.05, 0) is 45.0 Å². The Morgan fingerprint density at radius 3 is 1.59 bits per heavy atom. The number of rotatable bonds is 15. The Hall–Kier alpha value is -5.41. The number of nitrogens with one attached hydrogen (secondary N) is 7. The lowest BCUT2D eigenvalue weighted by molar-refractivity contribution is 0.0947. The highest BCUT2D eigenvalue weighted by atomic mass is 35.5. The molecule has 0 atom stereocenters. The molecule has 0 aliphatic carbocycles. The first-order valence-corrected chi connectivity index (χ1v) is 16.2. The maximum atomic E-state index is 13.2. The fourth-order valence-electron chi connectivity index (χ4n) is 4.99. The number of aromatic amines is 3. The summed E-state index contributed by atoms with van der Waals surface area (Å²) in [6.45, 7) is 6.46. The molecule has 1 aromatic carbocycles. The number of alkyl halides is 2. The molecular formula is C32H38Cl2N10O5. The maximum Gasteiger partial charge on any atom is 0.272 e. The van der Waals surface area contributed by atoms with E-state index >= 15 is 0 Å². The van der Waals surface area contributed by atoms with Crippen molar-refractivity contribution < 1.29 is 24.4 Å². The molecule has 15 nitrogen and oxygen atoms in total. The third-order valence-corrected chi connectivity index (χ3v) is 8.18. The van der Waals surface area contributed by atoms with Gasteiger partial charge in [0, 0.05) is 84.3 Å². The molecule has 0 spiro atoms. The molecular weight excluding hydrogens is 675 g/mol. The highest BCUT2D eigenvalue weighted by molar-refractivity contribution is 6.18. The van der Waals surface area contributed by atoms with Gasteiger partial charge in [-0.15, -0.1) is 23.2 Å². The number of amides is 4. The van der Waals surface area contributed by atoms with Gasteiger partial charge in [-0.2, -0.15) is 0 Å². The van der Waals surface area contributed by atoms with Crippen molar-refractivity contribution in [2.75, 3.05) is 52.2 Å². The molecule has 3 heterocycles. The van der Waals surface area contributed by atoms with Crippen LogP contribution >= 0.6 is 23.2 Å². The summed E-state index contributed by atoms with van der Waals surface area (Å²) in [4.78, 5) is 62.5. The number of amidine groups is 1. The summed E-state index contributed by atoms with van der Waals surface area (Å²) in [5, 5.41) is 22.5. The lowest BCUT2D eigenvalue weighted by Crippen LogP contribution is -2.28. The van der Waals surface area contributed by atoms with Crippen molar-refractivity contribution in [1.82, 2.24) is 20.3 Å². The Balaban J connectivity index is 1.37. The van der Waals surface area contributed by atoms with Crippen molar-refractivity contribution in [1.29, 1.82) is 0 Å². The number of benzene rings is 1. The second-order valence-electron chi connectivity index (χ2n) is 11.0. The van der Waals surface area contributed by atoms with Gasteiger partial charge in [-0.3, -0.25) is 19.2 Å². The Labute approximate surface area is 292 Å². The second-order valence-corrected chi connectivity index (χ2v) is 11.7. The first-order chi connectivity index (χ1) is 23.5. The van der Waals surface area contributed by atoms with Gasteiger partial charge >= 0.3 is 0 Å². The van der Waals surface area contributed by atoms with Crippen LogP contribution < -0.4 is 31.9 Å². The molecule has 0 radical (unpaired) electrons. The van der Waals surface area contributed by atoms with Gasteiger partial charge in [-0.25, -0.2) is 0 Å². The number of carbonyl (C=O) groups is 4. The van der Waals surface area contributed by atoms with Crippen molar-refractivity contribution in [3.8, 4) is 0 Å². The summed E-state index contributed by atoms with van der Waals surface area (Å²) in [6, 6.07) is 7.08. The molecule has 17 heteroatoms. The zero-order valence-corrected chi connectivity index (χ0v) is 28.6. The molecule has 4 aromatic rings. The van der Waals surface area contributed by atoms with Gasteiger partial charge in [0.05, 0.1) is 17.1 Å². The lowest BCUT2D eigenvalue weighted by Gasteiger charge is -2.22. The van der Waals surface area contributed by atoms with Crippen LogP contribution in [0.1, 0.15) is 64.9 Å². The van der Waals surface area contributed by atoms with Crippen molar-refractivity contribution in [2.24, 2.45) is 10.9 Å². The second kappa shape index (κ2) is 16.6. The first-order valence-electron chi connectivity index (χ1n) is 15.2. The minimum atomic E-state index is -0.487. The van der Waals surface area contributed by atoms with E-state index in [4.69, 9.17) is 34.1 Å². The Morgan fingerprint density at radius 1 is 0.735 bits per heavy atom. The maximum absolute atomic E-state index is 13.2. The highest BCUT2D eigenvalue weighted by Gasteiger charge is 2.22. The van der Waals surface area contributed by atoms with Crippen LogP contribution in [-0.2, 0) is 0 Å². The summed E-state index contributed by atoms with van der Waals surface area (Å²) < 4.78 is 0. The molecule has 0 bridgehead atoms. The number of nitrogens with zero attached hydrogens (tertiary/aromatic N) is 2. The van der Waals surface area contributed by atoms with Crippen molar-refractivity contribution in [3.05, 3.63) is 82.2 Å².